The van der Waals surface area contributed by atoms with Crippen molar-refractivity contribution in [2.45, 2.75) is 0 Å². The molecule has 3 aromatic rings. The molecule has 0 aliphatic carbocycles. The third-order valence-electron chi connectivity index (χ3n) is 3.18. The number of furan rings is 1. The molecule has 0 atom stereocenters. The van der Waals surface area contributed by atoms with Crippen LogP contribution in [0.25, 0.3) is 0 Å². The minimum atomic E-state index is -0.519. The third kappa shape index (κ3) is 3.32. The van der Waals surface area contributed by atoms with E-state index in [1.807, 2.05) is 0 Å². The summed E-state index contributed by atoms with van der Waals surface area (Å²) in [6.45, 7) is 0. The number of hydrogen-bond donors (Lipinski definition) is 2. The van der Waals surface area contributed by atoms with E-state index in [-0.39, 0.29) is 11.5 Å². The van der Waals surface area contributed by atoms with Gasteiger partial charge in [-0.15, -0.1) is 0 Å². The topological polar surface area (TPSA) is 89.2 Å². The third-order valence-corrected chi connectivity index (χ3v) is 3.18. The lowest BCUT2D eigenvalue weighted by Crippen LogP contribution is -2.13. The average molecular weight is 328 g/mol. The van der Waals surface area contributed by atoms with E-state index < -0.39 is 17.6 Å². The molecule has 1 aromatic carbocycles. The van der Waals surface area contributed by atoms with Gasteiger partial charge >= 0.3 is 0 Å². The summed E-state index contributed by atoms with van der Waals surface area (Å²) in [5.74, 6) is -0.974. The van der Waals surface area contributed by atoms with Gasteiger partial charge < -0.3 is 15.1 Å². The van der Waals surface area contributed by atoms with Crippen LogP contribution in [0.4, 0.5) is 15.9 Å². The summed E-state index contributed by atoms with van der Waals surface area (Å²) in [6.07, 6.45) is 1.38. The Labute approximate surface area is 136 Å². The molecule has 2 heterocycles. The zero-order chi connectivity index (χ0) is 17.1. The molecular weight excluding hydrogens is 315 g/mol. The van der Waals surface area contributed by atoms with E-state index in [2.05, 4.69) is 15.7 Å². The van der Waals surface area contributed by atoms with Crippen LogP contribution < -0.4 is 10.6 Å². The number of rotatable bonds is 4. The molecule has 2 amide bonds. The highest BCUT2D eigenvalue weighted by Gasteiger charge is 2.16. The minimum Gasteiger partial charge on any atom is -0.459 e. The maximum Gasteiger partial charge on any atom is 0.292 e. The van der Waals surface area contributed by atoms with Crippen LogP contribution in [0.1, 0.15) is 21.0 Å². The monoisotopic (exact) mass is 328 g/mol. The van der Waals surface area contributed by atoms with Crippen molar-refractivity contribution >= 4 is 23.3 Å². The van der Waals surface area contributed by atoms with Crippen LogP contribution in [0.5, 0.6) is 0 Å². The van der Waals surface area contributed by atoms with Gasteiger partial charge in [-0.05, 0) is 30.3 Å². The van der Waals surface area contributed by atoms with Crippen LogP contribution in [0.15, 0.2) is 53.1 Å². The number of nitrogens with zero attached hydrogens (tertiary/aromatic N) is 2. The Morgan fingerprint density at radius 2 is 1.96 bits per heavy atom. The van der Waals surface area contributed by atoms with Crippen LogP contribution in [-0.2, 0) is 7.05 Å². The smallest absolute Gasteiger partial charge is 0.292 e. The average Bonchev–Trinajstić information content (AvgIpc) is 3.18. The Hall–Kier alpha value is -3.42. The van der Waals surface area contributed by atoms with E-state index in [0.29, 0.717) is 11.5 Å². The molecule has 0 unspecified atom stereocenters. The number of hydrogen-bond acceptors (Lipinski definition) is 4. The van der Waals surface area contributed by atoms with Gasteiger partial charge in [-0.2, -0.15) is 5.10 Å². The van der Waals surface area contributed by atoms with E-state index in [4.69, 9.17) is 4.42 Å². The number of aryl methyl sites for hydroxylation is 1. The van der Waals surface area contributed by atoms with Gasteiger partial charge in [-0.25, -0.2) is 4.39 Å². The van der Waals surface area contributed by atoms with Crippen molar-refractivity contribution in [1.82, 2.24) is 9.78 Å². The summed E-state index contributed by atoms with van der Waals surface area (Å²) in [5.41, 5.74) is 0.392. The number of nitrogens with one attached hydrogen (secondary N) is 2. The lowest BCUT2D eigenvalue weighted by Gasteiger charge is -2.02. The van der Waals surface area contributed by atoms with Crippen molar-refractivity contribution in [1.29, 1.82) is 0 Å². The summed E-state index contributed by atoms with van der Waals surface area (Å²) in [7, 11) is 1.58. The first-order valence-corrected chi connectivity index (χ1v) is 6.99. The Kier molecular flexibility index (Phi) is 4.11. The predicted molar refractivity (Wildman–Crippen MR) is 84.2 cm³/mol. The van der Waals surface area contributed by atoms with Crippen LogP contribution in [0, 0.1) is 5.82 Å². The summed E-state index contributed by atoms with van der Waals surface area (Å²) < 4.78 is 19.5. The van der Waals surface area contributed by atoms with E-state index >= 15 is 0 Å². The van der Waals surface area contributed by atoms with Crippen LogP contribution in [0.2, 0.25) is 0 Å². The highest BCUT2D eigenvalue weighted by molar-refractivity contribution is 6.05. The second kappa shape index (κ2) is 6.37. The van der Waals surface area contributed by atoms with Crippen molar-refractivity contribution in [3.63, 3.8) is 0 Å². The van der Waals surface area contributed by atoms with E-state index in [0.717, 1.165) is 0 Å². The normalized spacial score (nSPS) is 10.4. The molecular formula is C16H13FN4O3. The van der Waals surface area contributed by atoms with Gasteiger partial charge in [0, 0.05) is 18.8 Å². The largest absolute Gasteiger partial charge is 0.459 e. The lowest BCUT2D eigenvalue weighted by molar-refractivity contribution is 0.0993. The molecule has 3 rings (SSSR count). The molecule has 2 aromatic heterocycles. The number of halogens is 1. The maximum absolute atomic E-state index is 13.1. The van der Waals surface area contributed by atoms with Crippen LogP contribution in [-0.4, -0.2) is 21.6 Å². The quantitative estimate of drug-likeness (QED) is 0.770. The number of anilines is 2. The molecule has 0 radical (unpaired) electrons. The van der Waals surface area contributed by atoms with Crippen LogP contribution in [0.3, 0.4) is 0 Å². The van der Waals surface area contributed by atoms with Gasteiger partial charge in [0.05, 0.1) is 6.26 Å². The molecule has 2 N–H and O–H groups in total. The molecule has 0 aliphatic rings. The van der Waals surface area contributed by atoms with Crippen LogP contribution >= 0.6 is 0 Å². The SMILES string of the molecule is Cn1nc(C(=O)Nc2cccc(F)c2)cc1NC(=O)c1ccco1. The summed E-state index contributed by atoms with van der Waals surface area (Å²) in [5, 5.41) is 9.15. The zero-order valence-corrected chi connectivity index (χ0v) is 12.6. The Morgan fingerprint density at radius 3 is 2.67 bits per heavy atom. The molecule has 0 fully saturated rings. The standard InChI is InChI=1S/C16H13FN4O3/c1-21-14(19-16(23)13-6-3-7-24-13)9-12(20-21)15(22)18-11-5-2-4-10(17)8-11/h2-9H,1H3,(H,18,22)(H,19,23). The zero-order valence-electron chi connectivity index (χ0n) is 12.6. The molecule has 122 valence electrons. The molecule has 0 aliphatic heterocycles. The molecule has 8 heteroatoms. The van der Waals surface area contributed by atoms with Gasteiger partial charge in [-0.1, -0.05) is 6.07 Å². The fourth-order valence-electron chi connectivity index (χ4n) is 2.04. The van der Waals surface area contributed by atoms with Crippen molar-refractivity contribution < 1.29 is 18.4 Å². The van der Waals surface area contributed by atoms with Gasteiger partial charge in [0.25, 0.3) is 11.8 Å². The van der Waals surface area contributed by atoms with Crippen molar-refractivity contribution in [3.8, 4) is 0 Å². The lowest BCUT2D eigenvalue weighted by atomic mass is 10.3. The number of benzene rings is 1. The first-order chi connectivity index (χ1) is 11.5. The Balaban J connectivity index is 1.73. The molecule has 0 bridgehead atoms. The van der Waals surface area contributed by atoms with E-state index in [9.17, 15) is 14.0 Å². The number of carbonyl (C=O) groups excluding carboxylic acids is 2. The summed E-state index contributed by atoms with van der Waals surface area (Å²) in [6, 6.07) is 10.0. The van der Waals surface area contributed by atoms with E-state index in [1.54, 1.807) is 19.2 Å². The van der Waals surface area contributed by atoms with Crippen molar-refractivity contribution in [2.24, 2.45) is 7.05 Å². The fourth-order valence-corrected chi connectivity index (χ4v) is 2.04. The highest BCUT2D eigenvalue weighted by Crippen LogP contribution is 2.14. The maximum atomic E-state index is 13.1. The fraction of sp³-hybridized carbons (Fsp3) is 0.0625. The minimum absolute atomic E-state index is 0.0801. The first-order valence-electron chi connectivity index (χ1n) is 6.99. The first kappa shape index (κ1) is 15.5. The number of carbonyl (C=O) groups is 2. The molecule has 0 spiro atoms. The van der Waals surface area contributed by atoms with Crippen molar-refractivity contribution in [2.75, 3.05) is 10.6 Å². The van der Waals surface area contributed by atoms with Gasteiger partial charge in [-0.3, -0.25) is 14.3 Å². The summed E-state index contributed by atoms with van der Waals surface area (Å²) in [4.78, 5) is 24.1. The van der Waals surface area contributed by atoms with Gasteiger partial charge in [0.2, 0.25) is 0 Å². The van der Waals surface area contributed by atoms with Gasteiger partial charge in [0.1, 0.15) is 11.6 Å². The second-order valence-corrected chi connectivity index (χ2v) is 4.93. The number of aromatic nitrogens is 2. The van der Waals surface area contributed by atoms with Gasteiger partial charge in [0.15, 0.2) is 11.5 Å². The predicted octanol–water partition coefficient (Wildman–Crippen LogP) is 2.66. The number of amides is 2. The molecule has 24 heavy (non-hydrogen) atoms. The van der Waals surface area contributed by atoms with E-state index in [1.165, 1.54) is 41.3 Å². The second-order valence-electron chi connectivity index (χ2n) is 4.93. The Bertz CT molecular complexity index is 887. The molecule has 0 saturated heterocycles. The summed E-state index contributed by atoms with van der Waals surface area (Å²) >= 11 is 0. The Morgan fingerprint density at radius 1 is 1.12 bits per heavy atom. The van der Waals surface area contributed by atoms with Crippen molar-refractivity contribution in [3.05, 3.63) is 66.0 Å². The molecule has 0 saturated carbocycles. The highest BCUT2D eigenvalue weighted by atomic mass is 19.1. The molecule has 7 nitrogen and oxygen atoms in total.